The van der Waals surface area contributed by atoms with Crippen molar-refractivity contribution in [3.63, 3.8) is 0 Å². The van der Waals surface area contributed by atoms with Crippen LogP contribution in [0.2, 0.25) is 5.02 Å². The average molecular weight is 477 g/mol. The van der Waals surface area contributed by atoms with Crippen molar-refractivity contribution in [2.45, 2.75) is 5.03 Å². The van der Waals surface area contributed by atoms with Crippen molar-refractivity contribution in [1.82, 2.24) is 14.2 Å². The number of halogens is 1. The van der Waals surface area contributed by atoms with E-state index in [2.05, 4.69) is 4.98 Å². The molecule has 1 N–H and O–H groups in total. The van der Waals surface area contributed by atoms with E-state index < -0.39 is 10.0 Å². The van der Waals surface area contributed by atoms with Crippen molar-refractivity contribution in [2.24, 2.45) is 0 Å². The van der Waals surface area contributed by atoms with Gasteiger partial charge in [-0.2, -0.15) is 9.04 Å². The Hall–Kier alpha value is -2.66. The average Bonchev–Trinajstić information content (AvgIpc) is 3.38. The second-order valence-electron chi connectivity index (χ2n) is 7.26. The number of piperazine rings is 1. The van der Waals surface area contributed by atoms with Crippen molar-refractivity contribution in [3.8, 4) is 0 Å². The van der Waals surface area contributed by atoms with Gasteiger partial charge in [0, 0.05) is 54.2 Å². The maximum Gasteiger partial charge on any atom is 0.264 e. The summed E-state index contributed by atoms with van der Waals surface area (Å²) in [6.45, 7) is 0.929. The fourth-order valence-corrected chi connectivity index (χ4v) is 6.37. The van der Waals surface area contributed by atoms with Gasteiger partial charge in [-0.25, -0.2) is 8.42 Å². The molecule has 3 aromatic heterocycles. The fourth-order valence-electron chi connectivity index (χ4n) is 3.72. The number of rotatable bonds is 3. The molecule has 4 aromatic rings. The Bertz CT molecular complexity index is 1420. The van der Waals surface area contributed by atoms with Crippen LogP contribution in [0.4, 0.5) is 0 Å². The number of benzene rings is 1. The summed E-state index contributed by atoms with van der Waals surface area (Å²) in [5, 5.41) is 13.2. The molecule has 8 nitrogen and oxygen atoms in total. The van der Waals surface area contributed by atoms with Crippen LogP contribution in [0.3, 0.4) is 0 Å². The second-order valence-corrected chi connectivity index (χ2v) is 10.7. The molecule has 5 rings (SSSR count). The van der Waals surface area contributed by atoms with Gasteiger partial charge in [0.05, 0.1) is 4.88 Å². The maximum absolute atomic E-state index is 13.1. The number of hydrogen-bond donors (Lipinski definition) is 1. The fraction of sp³-hybridized carbons (Fsp3) is 0.200. The molecule has 11 heteroatoms. The van der Waals surface area contributed by atoms with Gasteiger partial charge >= 0.3 is 0 Å². The predicted octanol–water partition coefficient (Wildman–Crippen LogP) is 2.82. The summed E-state index contributed by atoms with van der Waals surface area (Å²) < 4.78 is 29.0. The van der Waals surface area contributed by atoms with Crippen LogP contribution in [0.15, 0.2) is 53.7 Å². The first kappa shape index (κ1) is 20.3. The van der Waals surface area contributed by atoms with Gasteiger partial charge in [-0.05, 0) is 30.3 Å². The van der Waals surface area contributed by atoms with E-state index in [1.54, 1.807) is 47.4 Å². The number of nitrogens with one attached hydrogen (secondary N) is 1. The first-order valence-corrected chi connectivity index (χ1v) is 12.2. The van der Waals surface area contributed by atoms with E-state index in [4.69, 9.17) is 11.6 Å². The summed E-state index contributed by atoms with van der Waals surface area (Å²) in [5.74, 6) is -0.196. The molecular weight excluding hydrogens is 460 g/mol. The minimum atomic E-state index is -3.72. The second kappa shape index (κ2) is 7.49. The molecule has 1 aliphatic rings. The number of fused-ring (bicyclic) bond motifs is 2. The molecule has 0 unspecified atom stereocenters. The van der Waals surface area contributed by atoms with E-state index in [0.29, 0.717) is 20.9 Å². The molecule has 0 aliphatic carbocycles. The predicted molar refractivity (Wildman–Crippen MR) is 119 cm³/mol. The Morgan fingerprint density at radius 1 is 1.13 bits per heavy atom. The first-order chi connectivity index (χ1) is 14.8. The van der Waals surface area contributed by atoms with Crippen LogP contribution in [0.5, 0.6) is 0 Å². The van der Waals surface area contributed by atoms with Gasteiger partial charge in [0.15, 0.2) is 6.20 Å². The van der Waals surface area contributed by atoms with E-state index in [1.807, 2.05) is 0 Å². The lowest BCUT2D eigenvalue weighted by molar-refractivity contribution is -0.576. The van der Waals surface area contributed by atoms with Crippen LogP contribution < -0.4 is 4.73 Å². The largest absolute Gasteiger partial charge is 0.618 e. The monoisotopic (exact) mass is 476 g/mol. The van der Waals surface area contributed by atoms with Crippen LogP contribution in [-0.2, 0) is 10.0 Å². The van der Waals surface area contributed by atoms with Gasteiger partial charge in [-0.1, -0.05) is 11.6 Å². The van der Waals surface area contributed by atoms with Gasteiger partial charge < -0.3 is 15.1 Å². The molecule has 1 saturated heterocycles. The smallest absolute Gasteiger partial charge is 0.264 e. The van der Waals surface area contributed by atoms with Gasteiger partial charge in [0.2, 0.25) is 5.52 Å². The number of aromatic nitrogens is 2. The normalized spacial score (nSPS) is 15.7. The molecule has 31 heavy (non-hydrogen) atoms. The minimum Gasteiger partial charge on any atom is -0.618 e. The number of sulfonamides is 1. The standard InChI is InChI=1S/C20H17ClN4O4S2/c21-14-3-4-15-13(10-14)11-19(22-15)31(28,29)24-8-6-23(7-9-24)20(26)18-12-16-17(30-18)2-1-5-25(16)27/h1-5,10-12,22H,6-9H2. The molecule has 1 fully saturated rings. The van der Waals surface area contributed by atoms with Crippen LogP contribution in [0.1, 0.15) is 9.67 Å². The number of carbonyl (C=O) groups is 1. The Morgan fingerprint density at radius 2 is 1.90 bits per heavy atom. The SMILES string of the molecule is O=C(c1cc2c(ccc[n+]2[O-])s1)N1CCN(S(=O)(=O)c2cc3cc(Cl)ccc3[nH]2)CC1. The highest BCUT2D eigenvalue weighted by Crippen LogP contribution is 2.27. The molecule has 4 heterocycles. The van der Waals surface area contributed by atoms with E-state index in [-0.39, 0.29) is 37.1 Å². The summed E-state index contributed by atoms with van der Waals surface area (Å²) >= 11 is 7.25. The van der Waals surface area contributed by atoms with Crippen molar-refractivity contribution in [2.75, 3.05) is 26.2 Å². The lowest BCUT2D eigenvalue weighted by atomic mass is 10.2. The summed E-state index contributed by atoms with van der Waals surface area (Å²) in [7, 11) is -3.72. The number of nitrogens with zero attached hydrogens (tertiary/aromatic N) is 3. The number of carbonyl (C=O) groups excluding carboxylic acids is 1. The maximum atomic E-state index is 13.1. The van der Waals surface area contributed by atoms with Crippen LogP contribution in [0.25, 0.3) is 21.1 Å². The van der Waals surface area contributed by atoms with E-state index in [0.717, 1.165) is 14.8 Å². The summed E-state index contributed by atoms with van der Waals surface area (Å²) in [6.07, 6.45) is 1.39. The summed E-state index contributed by atoms with van der Waals surface area (Å²) in [5.41, 5.74) is 1.15. The molecule has 0 atom stereocenters. The number of H-pyrrole nitrogens is 1. The third kappa shape index (κ3) is 3.55. The van der Waals surface area contributed by atoms with Crippen molar-refractivity contribution in [3.05, 3.63) is 63.8 Å². The Kier molecular flexibility index (Phi) is 4.89. The summed E-state index contributed by atoms with van der Waals surface area (Å²) in [4.78, 5) is 17.9. The van der Waals surface area contributed by atoms with Crippen molar-refractivity contribution >= 4 is 60.0 Å². The third-order valence-electron chi connectivity index (χ3n) is 5.36. The quantitative estimate of drug-likeness (QED) is 0.363. The van der Waals surface area contributed by atoms with Gasteiger partial charge in [0.25, 0.3) is 15.9 Å². The van der Waals surface area contributed by atoms with E-state index in [1.165, 1.54) is 21.8 Å². The number of amides is 1. The van der Waals surface area contributed by atoms with E-state index >= 15 is 0 Å². The molecule has 1 aromatic carbocycles. The lowest BCUT2D eigenvalue weighted by Gasteiger charge is -2.33. The number of aromatic amines is 1. The Balaban J connectivity index is 1.32. The van der Waals surface area contributed by atoms with Crippen molar-refractivity contribution in [1.29, 1.82) is 0 Å². The Labute approximate surface area is 186 Å². The minimum absolute atomic E-state index is 0.106. The van der Waals surface area contributed by atoms with E-state index in [9.17, 15) is 18.4 Å². The highest BCUT2D eigenvalue weighted by atomic mass is 35.5. The van der Waals surface area contributed by atoms with Gasteiger partial charge in [0.1, 0.15) is 9.73 Å². The van der Waals surface area contributed by atoms with Crippen LogP contribution in [0, 0.1) is 5.21 Å². The summed E-state index contributed by atoms with van der Waals surface area (Å²) in [6, 6.07) is 11.7. The number of hydrogen-bond acceptors (Lipinski definition) is 5. The molecule has 0 spiro atoms. The van der Waals surface area contributed by atoms with Crippen LogP contribution >= 0.6 is 22.9 Å². The highest BCUT2D eigenvalue weighted by molar-refractivity contribution is 7.89. The molecule has 1 aliphatic heterocycles. The van der Waals surface area contributed by atoms with Gasteiger partial charge in [-0.3, -0.25) is 4.79 Å². The molecular formula is C20H17ClN4O4S2. The zero-order chi connectivity index (χ0) is 21.8. The first-order valence-electron chi connectivity index (χ1n) is 9.52. The lowest BCUT2D eigenvalue weighted by Crippen LogP contribution is -2.50. The number of thiophene rings is 1. The third-order valence-corrected chi connectivity index (χ3v) is 8.49. The number of pyridine rings is 1. The topological polar surface area (TPSA) is 100 Å². The van der Waals surface area contributed by atoms with Gasteiger partial charge in [-0.15, -0.1) is 11.3 Å². The zero-order valence-corrected chi connectivity index (χ0v) is 18.5. The molecule has 0 radical (unpaired) electrons. The zero-order valence-electron chi connectivity index (χ0n) is 16.1. The molecule has 1 amide bonds. The van der Waals surface area contributed by atoms with Crippen molar-refractivity contribution < 1.29 is 17.9 Å². The molecule has 0 bridgehead atoms. The van der Waals surface area contributed by atoms with Crippen LogP contribution in [-0.4, -0.2) is 54.7 Å². The molecule has 160 valence electrons. The molecule has 0 saturated carbocycles. The Morgan fingerprint density at radius 3 is 2.65 bits per heavy atom. The highest BCUT2D eigenvalue weighted by Gasteiger charge is 2.32.